The van der Waals surface area contributed by atoms with Crippen LogP contribution in [0.15, 0.2) is 48.5 Å². The molecule has 5 nitrogen and oxygen atoms in total. The minimum atomic E-state index is -0.638. The largest absolute Gasteiger partial charge is 0.494 e. The average Bonchev–Trinajstić information content (AvgIpc) is 2.61. The van der Waals surface area contributed by atoms with Gasteiger partial charge in [-0.05, 0) is 32.0 Å². The zero-order valence-electron chi connectivity index (χ0n) is 14.2. The molecule has 0 radical (unpaired) electrons. The zero-order valence-corrected chi connectivity index (χ0v) is 14.2. The summed E-state index contributed by atoms with van der Waals surface area (Å²) >= 11 is 0. The van der Waals surface area contributed by atoms with Crippen LogP contribution in [0.25, 0.3) is 0 Å². The Hall–Kier alpha value is -2.69. The number of amides is 1. The minimum absolute atomic E-state index is 0.202. The number of carbonyl (C=O) groups is 1. The SMILES string of the molecule is CCOc1ccccc1CNC(=O)C(C)Oc1ccccc1OC. The van der Waals surface area contributed by atoms with Gasteiger partial charge in [-0.2, -0.15) is 0 Å². The van der Waals surface area contributed by atoms with Gasteiger partial charge in [-0.1, -0.05) is 30.3 Å². The summed E-state index contributed by atoms with van der Waals surface area (Å²) in [4.78, 5) is 12.3. The van der Waals surface area contributed by atoms with Gasteiger partial charge in [0, 0.05) is 12.1 Å². The molecule has 0 bridgehead atoms. The van der Waals surface area contributed by atoms with E-state index in [1.807, 2.05) is 43.3 Å². The third-order valence-electron chi connectivity index (χ3n) is 3.47. The molecule has 0 heterocycles. The number of hydrogen-bond acceptors (Lipinski definition) is 4. The lowest BCUT2D eigenvalue weighted by molar-refractivity contribution is -0.127. The van der Waals surface area contributed by atoms with Crippen LogP contribution in [0.2, 0.25) is 0 Å². The number of carbonyl (C=O) groups excluding carboxylic acids is 1. The van der Waals surface area contributed by atoms with Crippen LogP contribution in [0.1, 0.15) is 19.4 Å². The molecule has 0 aliphatic rings. The molecule has 0 fully saturated rings. The second kappa shape index (κ2) is 8.82. The van der Waals surface area contributed by atoms with Gasteiger partial charge in [0.25, 0.3) is 5.91 Å². The Labute approximate surface area is 142 Å². The Bertz CT molecular complexity index is 672. The normalized spacial score (nSPS) is 11.5. The van der Waals surface area contributed by atoms with Crippen LogP contribution < -0.4 is 19.5 Å². The summed E-state index contributed by atoms with van der Waals surface area (Å²) in [6.07, 6.45) is -0.638. The van der Waals surface area contributed by atoms with Crippen molar-refractivity contribution in [2.45, 2.75) is 26.5 Å². The fourth-order valence-electron chi connectivity index (χ4n) is 2.23. The van der Waals surface area contributed by atoms with Crippen LogP contribution in [-0.2, 0) is 11.3 Å². The molecule has 2 rings (SSSR count). The maximum absolute atomic E-state index is 12.3. The molecule has 0 aliphatic heterocycles. The molecule has 1 unspecified atom stereocenters. The summed E-state index contributed by atoms with van der Waals surface area (Å²) < 4.78 is 16.5. The molecule has 0 aromatic heterocycles. The van der Waals surface area contributed by atoms with E-state index in [4.69, 9.17) is 14.2 Å². The highest BCUT2D eigenvalue weighted by Crippen LogP contribution is 2.26. The van der Waals surface area contributed by atoms with Crippen LogP contribution in [0, 0.1) is 0 Å². The van der Waals surface area contributed by atoms with E-state index in [2.05, 4.69) is 5.32 Å². The highest BCUT2D eigenvalue weighted by Gasteiger charge is 2.16. The van der Waals surface area contributed by atoms with E-state index in [0.717, 1.165) is 11.3 Å². The van der Waals surface area contributed by atoms with E-state index in [9.17, 15) is 4.79 Å². The van der Waals surface area contributed by atoms with Gasteiger partial charge in [0.05, 0.1) is 13.7 Å². The van der Waals surface area contributed by atoms with Crippen molar-refractivity contribution >= 4 is 5.91 Å². The molecule has 1 atom stereocenters. The number of nitrogens with one attached hydrogen (secondary N) is 1. The molecule has 2 aromatic rings. The van der Waals surface area contributed by atoms with Gasteiger partial charge < -0.3 is 19.5 Å². The van der Waals surface area contributed by atoms with Gasteiger partial charge in [0.2, 0.25) is 0 Å². The van der Waals surface area contributed by atoms with Gasteiger partial charge in [0.1, 0.15) is 5.75 Å². The third kappa shape index (κ3) is 4.65. The van der Waals surface area contributed by atoms with E-state index >= 15 is 0 Å². The Morgan fingerprint density at radius 2 is 1.67 bits per heavy atom. The monoisotopic (exact) mass is 329 g/mol. The number of ether oxygens (including phenoxy) is 3. The second-order valence-corrected chi connectivity index (χ2v) is 5.17. The first kappa shape index (κ1) is 17.7. The predicted molar refractivity (Wildman–Crippen MR) is 92.5 cm³/mol. The lowest BCUT2D eigenvalue weighted by Gasteiger charge is -2.17. The van der Waals surface area contributed by atoms with Crippen molar-refractivity contribution in [2.75, 3.05) is 13.7 Å². The lowest BCUT2D eigenvalue weighted by atomic mass is 10.2. The maximum Gasteiger partial charge on any atom is 0.261 e. The Kier molecular flexibility index (Phi) is 6.49. The quantitative estimate of drug-likeness (QED) is 0.808. The summed E-state index contributed by atoms with van der Waals surface area (Å²) in [5.41, 5.74) is 0.928. The first-order valence-corrected chi connectivity index (χ1v) is 7.93. The van der Waals surface area contributed by atoms with E-state index in [1.165, 1.54) is 0 Å². The van der Waals surface area contributed by atoms with Crippen molar-refractivity contribution in [3.63, 3.8) is 0 Å². The molecule has 0 saturated carbocycles. The Morgan fingerprint density at radius 3 is 2.33 bits per heavy atom. The van der Waals surface area contributed by atoms with Crippen LogP contribution >= 0.6 is 0 Å². The molecule has 2 aromatic carbocycles. The van der Waals surface area contributed by atoms with E-state index < -0.39 is 6.10 Å². The van der Waals surface area contributed by atoms with Gasteiger partial charge in [-0.25, -0.2) is 0 Å². The number of hydrogen-bond donors (Lipinski definition) is 1. The zero-order chi connectivity index (χ0) is 17.4. The first-order chi connectivity index (χ1) is 11.7. The molecule has 128 valence electrons. The molecule has 0 aliphatic carbocycles. The van der Waals surface area contributed by atoms with E-state index in [-0.39, 0.29) is 5.91 Å². The van der Waals surface area contributed by atoms with Gasteiger partial charge >= 0.3 is 0 Å². The van der Waals surface area contributed by atoms with Gasteiger partial charge in [-0.3, -0.25) is 4.79 Å². The molecule has 24 heavy (non-hydrogen) atoms. The van der Waals surface area contributed by atoms with Gasteiger partial charge in [0.15, 0.2) is 17.6 Å². The molecule has 5 heteroatoms. The molecule has 1 N–H and O–H groups in total. The number of benzene rings is 2. The van der Waals surface area contributed by atoms with Crippen LogP contribution in [-0.4, -0.2) is 25.7 Å². The predicted octanol–water partition coefficient (Wildman–Crippen LogP) is 3.18. The fraction of sp³-hybridized carbons (Fsp3) is 0.316. The highest BCUT2D eigenvalue weighted by molar-refractivity contribution is 5.80. The first-order valence-electron chi connectivity index (χ1n) is 7.93. The van der Waals surface area contributed by atoms with Crippen LogP contribution in [0.4, 0.5) is 0 Å². The van der Waals surface area contributed by atoms with Crippen molar-refractivity contribution < 1.29 is 19.0 Å². The van der Waals surface area contributed by atoms with E-state index in [0.29, 0.717) is 24.7 Å². The second-order valence-electron chi connectivity index (χ2n) is 5.17. The maximum atomic E-state index is 12.3. The molecule has 1 amide bonds. The van der Waals surface area contributed by atoms with Crippen molar-refractivity contribution in [3.8, 4) is 17.2 Å². The molecular weight excluding hydrogens is 306 g/mol. The standard InChI is InChI=1S/C19H23NO4/c1-4-23-16-10-6-5-9-15(16)13-20-19(21)14(2)24-18-12-8-7-11-17(18)22-3/h5-12,14H,4,13H2,1-3H3,(H,20,21). The summed E-state index contributed by atoms with van der Waals surface area (Å²) in [6.45, 7) is 4.60. The molecule has 0 spiro atoms. The van der Waals surface area contributed by atoms with E-state index in [1.54, 1.807) is 26.2 Å². The fourth-order valence-corrected chi connectivity index (χ4v) is 2.23. The summed E-state index contributed by atoms with van der Waals surface area (Å²) in [5, 5.41) is 2.87. The smallest absolute Gasteiger partial charge is 0.261 e. The summed E-state index contributed by atoms with van der Waals surface area (Å²) in [7, 11) is 1.57. The number of rotatable bonds is 8. The summed E-state index contributed by atoms with van der Waals surface area (Å²) in [5.74, 6) is 1.71. The van der Waals surface area contributed by atoms with Crippen molar-refractivity contribution in [1.82, 2.24) is 5.32 Å². The van der Waals surface area contributed by atoms with Crippen molar-refractivity contribution in [3.05, 3.63) is 54.1 Å². The highest BCUT2D eigenvalue weighted by atomic mass is 16.5. The van der Waals surface area contributed by atoms with Crippen molar-refractivity contribution in [2.24, 2.45) is 0 Å². The Balaban J connectivity index is 1.95. The van der Waals surface area contributed by atoms with Crippen LogP contribution in [0.5, 0.6) is 17.2 Å². The third-order valence-corrected chi connectivity index (χ3v) is 3.47. The summed E-state index contributed by atoms with van der Waals surface area (Å²) in [6, 6.07) is 14.9. The molecular formula is C19H23NO4. The van der Waals surface area contributed by atoms with Crippen molar-refractivity contribution in [1.29, 1.82) is 0 Å². The topological polar surface area (TPSA) is 56.8 Å². The minimum Gasteiger partial charge on any atom is -0.494 e. The lowest BCUT2D eigenvalue weighted by Crippen LogP contribution is -2.36. The van der Waals surface area contributed by atoms with Gasteiger partial charge in [-0.15, -0.1) is 0 Å². The average molecular weight is 329 g/mol. The molecule has 0 saturated heterocycles. The number of methoxy groups -OCH3 is 1. The Morgan fingerprint density at radius 1 is 1.04 bits per heavy atom. The van der Waals surface area contributed by atoms with Crippen LogP contribution in [0.3, 0.4) is 0 Å². The number of para-hydroxylation sites is 3.